The van der Waals surface area contributed by atoms with Gasteiger partial charge in [-0.1, -0.05) is 30.3 Å². The number of rotatable bonds is 7. The van der Waals surface area contributed by atoms with Crippen LogP contribution in [0.5, 0.6) is 0 Å². The van der Waals surface area contributed by atoms with Crippen molar-refractivity contribution in [1.82, 2.24) is 19.8 Å². The molecule has 5 heteroatoms. The Morgan fingerprint density at radius 1 is 1.20 bits per heavy atom. The minimum absolute atomic E-state index is 0.0208. The van der Waals surface area contributed by atoms with Crippen LogP contribution >= 0.6 is 0 Å². The molecule has 1 aromatic heterocycles. The van der Waals surface area contributed by atoms with E-state index < -0.39 is 0 Å². The molecule has 1 aliphatic heterocycles. The lowest BCUT2D eigenvalue weighted by Crippen LogP contribution is -2.39. The lowest BCUT2D eigenvalue weighted by Gasteiger charge is -2.32. The number of nitrogens with zero attached hydrogens (tertiary/aromatic N) is 4. The summed E-state index contributed by atoms with van der Waals surface area (Å²) in [6, 6.07) is 12.7. The SMILES string of the molecule is CN(C)Cc1ccnc([C@@H]2CN(CCCc3ccccc3)CCO2)n1. The Balaban J connectivity index is 1.52. The van der Waals surface area contributed by atoms with Gasteiger partial charge in [-0.05, 0) is 45.1 Å². The highest BCUT2D eigenvalue weighted by molar-refractivity contribution is 5.14. The molecule has 0 saturated carbocycles. The van der Waals surface area contributed by atoms with Gasteiger partial charge in [0.05, 0.1) is 12.3 Å². The molecule has 1 aliphatic rings. The van der Waals surface area contributed by atoms with Gasteiger partial charge < -0.3 is 9.64 Å². The van der Waals surface area contributed by atoms with Crippen molar-refractivity contribution in [3.05, 3.63) is 59.7 Å². The summed E-state index contributed by atoms with van der Waals surface area (Å²) in [5.41, 5.74) is 2.45. The molecule has 0 amide bonds. The molecule has 134 valence electrons. The first-order valence-electron chi connectivity index (χ1n) is 9.05. The molecular weight excluding hydrogens is 312 g/mol. The zero-order valence-corrected chi connectivity index (χ0v) is 15.3. The number of aryl methyl sites for hydroxylation is 1. The predicted molar refractivity (Wildman–Crippen MR) is 99.3 cm³/mol. The fourth-order valence-corrected chi connectivity index (χ4v) is 3.19. The van der Waals surface area contributed by atoms with Crippen LogP contribution in [-0.2, 0) is 17.7 Å². The van der Waals surface area contributed by atoms with E-state index in [1.54, 1.807) is 0 Å². The van der Waals surface area contributed by atoms with Crippen LogP contribution < -0.4 is 0 Å². The summed E-state index contributed by atoms with van der Waals surface area (Å²) in [6.07, 6.45) is 4.11. The van der Waals surface area contributed by atoms with Gasteiger partial charge in [0.1, 0.15) is 6.10 Å². The molecule has 0 bridgehead atoms. The topological polar surface area (TPSA) is 41.5 Å². The van der Waals surface area contributed by atoms with Crippen molar-refractivity contribution in [2.24, 2.45) is 0 Å². The van der Waals surface area contributed by atoms with Gasteiger partial charge in [0.15, 0.2) is 5.82 Å². The molecule has 0 spiro atoms. The number of benzene rings is 1. The van der Waals surface area contributed by atoms with E-state index in [4.69, 9.17) is 9.72 Å². The van der Waals surface area contributed by atoms with E-state index in [1.807, 2.05) is 26.4 Å². The summed E-state index contributed by atoms with van der Waals surface area (Å²) in [5.74, 6) is 0.812. The molecule has 1 atom stereocenters. The Morgan fingerprint density at radius 3 is 2.84 bits per heavy atom. The first-order valence-corrected chi connectivity index (χ1v) is 9.05. The predicted octanol–water partition coefficient (Wildman–Crippen LogP) is 2.54. The Morgan fingerprint density at radius 2 is 2.04 bits per heavy atom. The molecule has 25 heavy (non-hydrogen) atoms. The maximum absolute atomic E-state index is 5.94. The van der Waals surface area contributed by atoms with Gasteiger partial charge in [-0.25, -0.2) is 9.97 Å². The number of morpholine rings is 1. The lowest BCUT2D eigenvalue weighted by molar-refractivity contribution is -0.0346. The van der Waals surface area contributed by atoms with Crippen LogP contribution in [0.2, 0.25) is 0 Å². The summed E-state index contributed by atoms with van der Waals surface area (Å²) >= 11 is 0. The second kappa shape index (κ2) is 9.04. The van der Waals surface area contributed by atoms with Crippen molar-refractivity contribution >= 4 is 0 Å². The smallest absolute Gasteiger partial charge is 0.158 e. The maximum Gasteiger partial charge on any atom is 0.158 e. The lowest BCUT2D eigenvalue weighted by atomic mass is 10.1. The molecule has 2 heterocycles. The van der Waals surface area contributed by atoms with Crippen LogP contribution in [0.3, 0.4) is 0 Å². The minimum Gasteiger partial charge on any atom is -0.368 e. The standard InChI is InChI=1S/C20H28N4O/c1-23(2)15-18-10-11-21-20(22-18)19-16-24(13-14-25-19)12-6-9-17-7-4-3-5-8-17/h3-5,7-8,10-11,19H,6,9,12-16H2,1-2H3/t19-/m0/s1. The van der Waals surface area contributed by atoms with Crippen LogP contribution in [0.4, 0.5) is 0 Å². The number of hydrogen-bond donors (Lipinski definition) is 0. The first-order chi connectivity index (χ1) is 12.2. The van der Waals surface area contributed by atoms with E-state index in [1.165, 1.54) is 5.56 Å². The molecule has 0 aliphatic carbocycles. The summed E-state index contributed by atoms with van der Waals surface area (Å²) in [6.45, 7) is 4.52. The Kier molecular flexibility index (Phi) is 6.50. The van der Waals surface area contributed by atoms with E-state index in [0.29, 0.717) is 0 Å². The van der Waals surface area contributed by atoms with Crippen LogP contribution in [0, 0.1) is 0 Å². The van der Waals surface area contributed by atoms with Gasteiger partial charge in [-0.15, -0.1) is 0 Å². The molecule has 3 rings (SSSR count). The minimum atomic E-state index is -0.0208. The van der Waals surface area contributed by atoms with Gasteiger partial charge in [0.2, 0.25) is 0 Å². The number of hydrogen-bond acceptors (Lipinski definition) is 5. The second-order valence-electron chi connectivity index (χ2n) is 6.89. The third-order valence-corrected chi connectivity index (χ3v) is 4.43. The summed E-state index contributed by atoms with van der Waals surface area (Å²) in [4.78, 5) is 13.7. The Labute approximate surface area is 150 Å². The summed E-state index contributed by atoms with van der Waals surface area (Å²) in [5, 5.41) is 0. The van der Waals surface area contributed by atoms with E-state index in [-0.39, 0.29) is 6.10 Å². The maximum atomic E-state index is 5.94. The third kappa shape index (κ3) is 5.59. The summed E-state index contributed by atoms with van der Waals surface area (Å²) in [7, 11) is 4.10. The average Bonchev–Trinajstić information content (AvgIpc) is 2.63. The molecule has 5 nitrogen and oxygen atoms in total. The van der Waals surface area contributed by atoms with Crippen LogP contribution in [-0.4, -0.2) is 60.1 Å². The van der Waals surface area contributed by atoms with Crippen molar-refractivity contribution in [2.45, 2.75) is 25.5 Å². The van der Waals surface area contributed by atoms with Gasteiger partial charge in [-0.3, -0.25) is 4.90 Å². The van der Waals surface area contributed by atoms with Crippen molar-refractivity contribution in [3.8, 4) is 0 Å². The molecule has 2 aromatic rings. The molecular formula is C20H28N4O. The Hall–Kier alpha value is -1.82. The average molecular weight is 340 g/mol. The van der Waals surface area contributed by atoms with Crippen molar-refractivity contribution in [3.63, 3.8) is 0 Å². The summed E-state index contributed by atoms with van der Waals surface area (Å²) < 4.78 is 5.94. The van der Waals surface area contributed by atoms with E-state index >= 15 is 0 Å². The Bertz CT molecular complexity index is 647. The largest absolute Gasteiger partial charge is 0.368 e. The molecule has 0 radical (unpaired) electrons. The second-order valence-corrected chi connectivity index (χ2v) is 6.89. The number of aromatic nitrogens is 2. The van der Waals surface area contributed by atoms with Gasteiger partial charge in [-0.2, -0.15) is 0 Å². The number of ether oxygens (including phenoxy) is 1. The van der Waals surface area contributed by atoms with E-state index in [9.17, 15) is 0 Å². The van der Waals surface area contributed by atoms with Crippen molar-refractivity contribution in [2.75, 3.05) is 40.3 Å². The van der Waals surface area contributed by atoms with Gasteiger partial charge in [0, 0.05) is 25.8 Å². The van der Waals surface area contributed by atoms with Crippen LogP contribution in [0.15, 0.2) is 42.6 Å². The van der Waals surface area contributed by atoms with Crippen LogP contribution in [0.1, 0.15) is 29.6 Å². The molecule has 1 fully saturated rings. The van der Waals surface area contributed by atoms with Gasteiger partial charge in [0.25, 0.3) is 0 Å². The zero-order chi connectivity index (χ0) is 17.5. The highest BCUT2D eigenvalue weighted by atomic mass is 16.5. The monoisotopic (exact) mass is 340 g/mol. The fraction of sp³-hybridized carbons (Fsp3) is 0.500. The fourth-order valence-electron chi connectivity index (χ4n) is 3.19. The van der Waals surface area contributed by atoms with E-state index in [0.717, 1.165) is 57.1 Å². The van der Waals surface area contributed by atoms with Gasteiger partial charge >= 0.3 is 0 Å². The molecule has 1 saturated heterocycles. The highest BCUT2D eigenvalue weighted by Gasteiger charge is 2.24. The van der Waals surface area contributed by atoms with Crippen LogP contribution in [0.25, 0.3) is 0 Å². The quantitative estimate of drug-likeness (QED) is 0.775. The normalized spacial score (nSPS) is 18.6. The molecule has 1 aromatic carbocycles. The van der Waals surface area contributed by atoms with Crippen molar-refractivity contribution < 1.29 is 4.74 Å². The highest BCUT2D eigenvalue weighted by Crippen LogP contribution is 2.19. The third-order valence-electron chi connectivity index (χ3n) is 4.43. The van der Waals surface area contributed by atoms with Crippen molar-refractivity contribution in [1.29, 1.82) is 0 Å². The molecule has 0 N–H and O–H groups in total. The zero-order valence-electron chi connectivity index (χ0n) is 15.3. The van der Waals surface area contributed by atoms with E-state index in [2.05, 4.69) is 45.1 Å². The molecule has 0 unspecified atom stereocenters. The first kappa shape index (κ1) is 18.0.